The van der Waals surface area contributed by atoms with Crippen LogP contribution in [-0.2, 0) is 20.7 Å². The van der Waals surface area contributed by atoms with E-state index in [1.807, 2.05) is 62.4 Å². The monoisotopic (exact) mass is 563 g/mol. The first-order valence-electron chi connectivity index (χ1n) is 15.2. The number of amides is 3. The van der Waals surface area contributed by atoms with Gasteiger partial charge in [-0.05, 0) is 76.1 Å². The lowest BCUT2D eigenvalue weighted by Gasteiger charge is -2.36. The van der Waals surface area contributed by atoms with Gasteiger partial charge in [-0.2, -0.15) is 0 Å². The lowest BCUT2D eigenvalue weighted by Crippen LogP contribution is -2.54. The SMILES string of the molecule is CCCCN(C(=O)C(Cc1ccccc1)NC(=O)OC(C)(C)C)C(C(=O)NC1CCCCC1)c1cccc(C)c1C. The van der Waals surface area contributed by atoms with Crippen LogP contribution in [0, 0.1) is 13.8 Å². The number of hydrogen-bond acceptors (Lipinski definition) is 4. The zero-order valence-electron chi connectivity index (χ0n) is 25.8. The molecule has 0 heterocycles. The number of aryl methyl sites for hydroxylation is 1. The number of ether oxygens (including phenoxy) is 1. The Morgan fingerprint density at radius 3 is 2.29 bits per heavy atom. The normalized spacial score (nSPS) is 15.5. The number of nitrogens with zero attached hydrogens (tertiary/aromatic N) is 1. The standard InChI is InChI=1S/C34H49N3O4/c1-7-8-22-37(32(39)29(23-26-17-11-9-12-18-26)36-33(40)41-34(4,5)6)30(28-21-15-16-24(2)25(28)3)31(38)35-27-19-13-10-14-20-27/h9,11-12,15-18,21,27,29-30H,7-8,10,13-14,19-20,22-23H2,1-6H3,(H,35,38)(H,36,40). The van der Waals surface area contributed by atoms with Crippen LogP contribution in [0.15, 0.2) is 48.5 Å². The second-order valence-electron chi connectivity index (χ2n) is 12.3. The molecule has 2 aromatic carbocycles. The van der Waals surface area contributed by atoms with E-state index in [9.17, 15) is 14.4 Å². The number of unbranched alkanes of at least 4 members (excludes halogenated alkanes) is 1. The van der Waals surface area contributed by atoms with E-state index in [0.717, 1.165) is 60.8 Å². The maximum atomic E-state index is 14.5. The van der Waals surface area contributed by atoms with Crippen LogP contribution in [0.3, 0.4) is 0 Å². The fourth-order valence-corrected chi connectivity index (χ4v) is 5.44. The molecule has 0 radical (unpaired) electrons. The molecule has 1 fully saturated rings. The number of rotatable bonds is 11. The van der Waals surface area contributed by atoms with Crippen molar-refractivity contribution in [2.24, 2.45) is 0 Å². The van der Waals surface area contributed by atoms with Crippen molar-refractivity contribution < 1.29 is 19.1 Å². The highest BCUT2D eigenvalue weighted by Crippen LogP contribution is 2.29. The van der Waals surface area contributed by atoms with Crippen LogP contribution >= 0.6 is 0 Å². The molecule has 3 amide bonds. The molecule has 1 aliphatic carbocycles. The van der Waals surface area contributed by atoms with Gasteiger partial charge in [-0.25, -0.2) is 4.79 Å². The van der Waals surface area contributed by atoms with Crippen LogP contribution < -0.4 is 10.6 Å². The second kappa shape index (κ2) is 15.0. The molecule has 2 unspecified atom stereocenters. The molecule has 1 aliphatic rings. The van der Waals surface area contributed by atoms with E-state index < -0.39 is 23.8 Å². The third-order valence-electron chi connectivity index (χ3n) is 7.76. The van der Waals surface area contributed by atoms with Gasteiger partial charge in [-0.1, -0.05) is 81.1 Å². The van der Waals surface area contributed by atoms with Crippen molar-refractivity contribution in [1.82, 2.24) is 15.5 Å². The number of benzene rings is 2. The van der Waals surface area contributed by atoms with Gasteiger partial charge in [0.2, 0.25) is 11.8 Å². The molecule has 7 heteroatoms. The van der Waals surface area contributed by atoms with Crippen molar-refractivity contribution in [1.29, 1.82) is 0 Å². The Balaban J connectivity index is 2.04. The molecule has 3 rings (SSSR count). The second-order valence-corrected chi connectivity index (χ2v) is 12.3. The molecule has 224 valence electrons. The third-order valence-corrected chi connectivity index (χ3v) is 7.76. The summed E-state index contributed by atoms with van der Waals surface area (Å²) in [6.45, 7) is 11.9. The van der Waals surface area contributed by atoms with Gasteiger partial charge in [0.25, 0.3) is 0 Å². The van der Waals surface area contributed by atoms with E-state index in [2.05, 4.69) is 17.6 Å². The minimum absolute atomic E-state index is 0.104. The molecule has 1 saturated carbocycles. The number of hydrogen-bond donors (Lipinski definition) is 2. The smallest absolute Gasteiger partial charge is 0.408 e. The van der Waals surface area contributed by atoms with Crippen molar-refractivity contribution in [2.45, 2.75) is 117 Å². The first-order valence-corrected chi connectivity index (χ1v) is 15.2. The predicted octanol–water partition coefficient (Wildman–Crippen LogP) is 6.56. The average molecular weight is 564 g/mol. The van der Waals surface area contributed by atoms with Crippen LogP contribution in [0.25, 0.3) is 0 Å². The molecule has 2 atom stereocenters. The van der Waals surface area contributed by atoms with Gasteiger partial charge < -0.3 is 20.3 Å². The summed E-state index contributed by atoms with van der Waals surface area (Å²) in [5.74, 6) is -0.455. The van der Waals surface area contributed by atoms with Gasteiger partial charge >= 0.3 is 6.09 Å². The fourth-order valence-electron chi connectivity index (χ4n) is 5.44. The largest absolute Gasteiger partial charge is 0.444 e. The quantitative estimate of drug-likeness (QED) is 0.324. The number of alkyl carbamates (subject to hydrolysis) is 1. The summed E-state index contributed by atoms with van der Waals surface area (Å²) in [4.78, 5) is 43.3. The van der Waals surface area contributed by atoms with Crippen molar-refractivity contribution in [2.75, 3.05) is 6.54 Å². The van der Waals surface area contributed by atoms with E-state index >= 15 is 0 Å². The van der Waals surface area contributed by atoms with Gasteiger partial charge in [-0.3, -0.25) is 9.59 Å². The Morgan fingerprint density at radius 2 is 1.66 bits per heavy atom. The molecule has 7 nitrogen and oxygen atoms in total. The topological polar surface area (TPSA) is 87.7 Å². The van der Waals surface area contributed by atoms with E-state index in [1.54, 1.807) is 25.7 Å². The third kappa shape index (κ3) is 9.61. The number of carbonyl (C=O) groups excluding carboxylic acids is 3. The van der Waals surface area contributed by atoms with E-state index in [4.69, 9.17) is 4.74 Å². The zero-order valence-corrected chi connectivity index (χ0v) is 25.8. The van der Waals surface area contributed by atoms with E-state index in [1.165, 1.54) is 6.42 Å². The Bertz CT molecular complexity index is 1150. The van der Waals surface area contributed by atoms with Crippen LogP contribution in [0.2, 0.25) is 0 Å². The minimum Gasteiger partial charge on any atom is -0.444 e. The maximum absolute atomic E-state index is 14.5. The zero-order chi connectivity index (χ0) is 30.0. The van der Waals surface area contributed by atoms with Gasteiger partial charge in [0, 0.05) is 19.0 Å². The maximum Gasteiger partial charge on any atom is 0.408 e. The van der Waals surface area contributed by atoms with Gasteiger partial charge in [0.15, 0.2) is 0 Å². The first kappa shape index (κ1) is 32.2. The van der Waals surface area contributed by atoms with Crippen LogP contribution in [0.1, 0.15) is 101 Å². The highest BCUT2D eigenvalue weighted by atomic mass is 16.6. The molecule has 0 aromatic heterocycles. The van der Waals surface area contributed by atoms with Gasteiger partial charge in [-0.15, -0.1) is 0 Å². The van der Waals surface area contributed by atoms with Crippen molar-refractivity contribution in [3.63, 3.8) is 0 Å². The Hall–Kier alpha value is -3.35. The number of nitrogens with one attached hydrogen (secondary N) is 2. The summed E-state index contributed by atoms with van der Waals surface area (Å²) in [7, 11) is 0. The molecule has 0 aliphatic heterocycles. The lowest BCUT2D eigenvalue weighted by atomic mass is 9.92. The van der Waals surface area contributed by atoms with E-state index in [0.29, 0.717) is 6.54 Å². The molecular weight excluding hydrogens is 514 g/mol. The lowest BCUT2D eigenvalue weighted by molar-refractivity contribution is -0.143. The molecule has 41 heavy (non-hydrogen) atoms. The highest BCUT2D eigenvalue weighted by Gasteiger charge is 2.37. The molecule has 0 spiro atoms. The first-order chi connectivity index (χ1) is 19.5. The van der Waals surface area contributed by atoms with E-state index in [-0.39, 0.29) is 24.3 Å². The van der Waals surface area contributed by atoms with Crippen LogP contribution in [0.5, 0.6) is 0 Å². The van der Waals surface area contributed by atoms with Crippen molar-refractivity contribution >= 4 is 17.9 Å². The van der Waals surface area contributed by atoms with Crippen molar-refractivity contribution in [3.05, 3.63) is 70.8 Å². The van der Waals surface area contributed by atoms with Gasteiger partial charge in [0.05, 0.1) is 0 Å². The molecule has 0 bridgehead atoms. The Kier molecular flexibility index (Phi) is 11.8. The fraction of sp³-hybridized carbons (Fsp3) is 0.559. The Morgan fingerprint density at radius 1 is 0.976 bits per heavy atom. The molecule has 2 aromatic rings. The average Bonchev–Trinajstić information content (AvgIpc) is 2.92. The summed E-state index contributed by atoms with van der Waals surface area (Å²) in [6, 6.07) is 13.9. The molecule has 0 saturated heterocycles. The highest BCUT2D eigenvalue weighted by molar-refractivity contribution is 5.92. The van der Waals surface area contributed by atoms with Crippen molar-refractivity contribution in [3.8, 4) is 0 Å². The summed E-state index contributed by atoms with van der Waals surface area (Å²) in [5, 5.41) is 6.14. The summed E-state index contributed by atoms with van der Waals surface area (Å²) < 4.78 is 5.54. The summed E-state index contributed by atoms with van der Waals surface area (Å²) in [5.41, 5.74) is 3.07. The molecule has 2 N–H and O–H groups in total. The van der Waals surface area contributed by atoms with Crippen LogP contribution in [0.4, 0.5) is 4.79 Å². The Labute approximate surface area is 246 Å². The summed E-state index contributed by atoms with van der Waals surface area (Å²) >= 11 is 0. The van der Waals surface area contributed by atoms with Gasteiger partial charge in [0.1, 0.15) is 17.7 Å². The van der Waals surface area contributed by atoms with Crippen LogP contribution in [-0.4, -0.2) is 47.0 Å². The predicted molar refractivity (Wildman–Crippen MR) is 164 cm³/mol. The number of carbonyl (C=O) groups is 3. The summed E-state index contributed by atoms with van der Waals surface area (Å²) in [6.07, 6.45) is 6.49. The minimum atomic E-state index is -0.904. The molecular formula is C34H49N3O4.